The Kier molecular flexibility index (Phi) is 9.85. The van der Waals surface area contributed by atoms with Gasteiger partial charge in [-0.3, -0.25) is 9.89 Å². The Bertz CT molecular complexity index is 507. The zero-order valence-corrected chi connectivity index (χ0v) is 16.9. The normalized spacial score (nSPS) is 15.9. The van der Waals surface area contributed by atoms with Crippen LogP contribution < -0.4 is 10.6 Å². The van der Waals surface area contributed by atoms with E-state index in [1.165, 1.54) is 11.1 Å². The van der Waals surface area contributed by atoms with E-state index in [0.29, 0.717) is 6.54 Å². The van der Waals surface area contributed by atoms with Crippen LogP contribution in [0.15, 0.2) is 23.2 Å². The number of nitrogens with one attached hydrogen (secondary N) is 2. The van der Waals surface area contributed by atoms with E-state index in [1.54, 1.807) is 7.05 Å². The molecular weight excluding hydrogens is 427 g/mol. The fourth-order valence-corrected chi connectivity index (χ4v) is 2.58. The number of hydrogen-bond donors (Lipinski definition) is 2. The number of aryl methyl sites for hydroxylation is 1. The van der Waals surface area contributed by atoms with Gasteiger partial charge in [-0.05, 0) is 30.2 Å². The molecule has 0 aromatic heterocycles. The summed E-state index contributed by atoms with van der Waals surface area (Å²) in [6.07, 6.45) is 0. The summed E-state index contributed by atoms with van der Waals surface area (Å²) >= 11 is 6.05. The van der Waals surface area contributed by atoms with Gasteiger partial charge in [-0.15, -0.1) is 24.0 Å². The van der Waals surface area contributed by atoms with E-state index < -0.39 is 0 Å². The summed E-state index contributed by atoms with van der Waals surface area (Å²) in [5.41, 5.74) is 2.41. The Labute approximate surface area is 160 Å². The van der Waals surface area contributed by atoms with Crippen LogP contribution in [0.3, 0.4) is 0 Å². The number of aliphatic imine (C=N–C) groups is 1. The van der Waals surface area contributed by atoms with Gasteiger partial charge in [-0.25, -0.2) is 0 Å². The van der Waals surface area contributed by atoms with Crippen molar-refractivity contribution in [3.8, 4) is 0 Å². The van der Waals surface area contributed by atoms with Gasteiger partial charge in [0.05, 0.1) is 13.2 Å². The molecule has 0 saturated carbocycles. The number of benzene rings is 1. The first-order valence-electron chi connectivity index (χ1n) is 7.68. The van der Waals surface area contributed by atoms with Crippen molar-refractivity contribution in [2.75, 3.05) is 46.4 Å². The zero-order chi connectivity index (χ0) is 15.8. The first-order valence-corrected chi connectivity index (χ1v) is 8.06. The molecule has 1 aromatic carbocycles. The Balaban J connectivity index is 0.00000264. The van der Waals surface area contributed by atoms with Crippen LogP contribution in [0, 0.1) is 6.92 Å². The lowest BCUT2D eigenvalue weighted by molar-refractivity contribution is 0.0389. The molecule has 7 heteroatoms. The molecule has 1 aliphatic heterocycles. The predicted molar refractivity (Wildman–Crippen MR) is 107 cm³/mol. The molecule has 1 heterocycles. The first kappa shape index (κ1) is 20.5. The smallest absolute Gasteiger partial charge is 0.191 e. The average molecular weight is 453 g/mol. The number of nitrogens with zero attached hydrogens (tertiary/aromatic N) is 2. The minimum atomic E-state index is 0. The third-order valence-electron chi connectivity index (χ3n) is 3.81. The van der Waals surface area contributed by atoms with Gasteiger partial charge in [0.15, 0.2) is 5.96 Å². The molecule has 0 bridgehead atoms. The maximum Gasteiger partial charge on any atom is 0.191 e. The average Bonchev–Trinajstić information content (AvgIpc) is 2.54. The molecule has 0 spiro atoms. The predicted octanol–water partition coefficient (Wildman–Crippen LogP) is 2.26. The van der Waals surface area contributed by atoms with E-state index >= 15 is 0 Å². The van der Waals surface area contributed by atoms with E-state index in [-0.39, 0.29) is 24.0 Å². The van der Waals surface area contributed by atoms with Gasteiger partial charge in [-0.1, -0.05) is 17.7 Å². The highest BCUT2D eigenvalue weighted by Crippen LogP contribution is 2.14. The number of hydrogen-bond acceptors (Lipinski definition) is 3. The molecule has 1 aromatic rings. The van der Waals surface area contributed by atoms with E-state index in [9.17, 15) is 0 Å². The lowest BCUT2D eigenvalue weighted by Crippen LogP contribution is -2.44. The van der Waals surface area contributed by atoms with Crippen LogP contribution >= 0.6 is 35.6 Å². The quantitative estimate of drug-likeness (QED) is 0.409. The van der Waals surface area contributed by atoms with Crippen molar-refractivity contribution in [2.24, 2.45) is 4.99 Å². The van der Waals surface area contributed by atoms with Crippen LogP contribution in [-0.2, 0) is 11.3 Å². The second-order valence-electron chi connectivity index (χ2n) is 5.38. The molecule has 0 unspecified atom stereocenters. The highest BCUT2D eigenvalue weighted by molar-refractivity contribution is 14.0. The molecule has 2 N–H and O–H groups in total. The first-order chi connectivity index (χ1) is 10.7. The fraction of sp³-hybridized carbons (Fsp3) is 0.562. The summed E-state index contributed by atoms with van der Waals surface area (Å²) in [5, 5.41) is 7.43. The van der Waals surface area contributed by atoms with Gasteiger partial charge in [0, 0.05) is 44.8 Å². The fourth-order valence-electron chi connectivity index (χ4n) is 2.39. The second-order valence-corrected chi connectivity index (χ2v) is 5.81. The highest BCUT2D eigenvalue weighted by Gasteiger charge is 2.09. The van der Waals surface area contributed by atoms with Crippen LogP contribution in [0.1, 0.15) is 11.1 Å². The van der Waals surface area contributed by atoms with Gasteiger partial charge in [0.25, 0.3) is 0 Å². The van der Waals surface area contributed by atoms with Crippen molar-refractivity contribution in [3.05, 3.63) is 34.3 Å². The van der Waals surface area contributed by atoms with Crippen molar-refractivity contribution >= 4 is 41.5 Å². The molecule has 0 amide bonds. The zero-order valence-electron chi connectivity index (χ0n) is 13.8. The Hall–Kier alpha value is -0.570. The summed E-state index contributed by atoms with van der Waals surface area (Å²) in [5.74, 6) is 0.813. The third-order valence-corrected chi connectivity index (χ3v) is 4.04. The SMILES string of the molecule is CN=C(NCCN1CCOCC1)NCc1cc(Cl)ccc1C.I. The van der Waals surface area contributed by atoms with Crippen molar-refractivity contribution in [1.29, 1.82) is 0 Å². The second kappa shape index (κ2) is 11.1. The Morgan fingerprint density at radius 1 is 1.30 bits per heavy atom. The number of halogens is 2. The van der Waals surface area contributed by atoms with Gasteiger partial charge in [0.1, 0.15) is 0 Å². The van der Waals surface area contributed by atoms with Gasteiger partial charge >= 0.3 is 0 Å². The third kappa shape index (κ3) is 7.24. The summed E-state index contributed by atoms with van der Waals surface area (Å²) in [7, 11) is 1.79. The molecule has 23 heavy (non-hydrogen) atoms. The van der Waals surface area contributed by atoms with E-state index in [1.807, 2.05) is 18.2 Å². The molecule has 2 rings (SSSR count). The largest absolute Gasteiger partial charge is 0.379 e. The van der Waals surface area contributed by atoms with Crippen molar-refractivity contribution in [3.63, 3.8) is 0 Å². The molecule has 0 aliphatic carbocycles. The molecule has 1 fully saturated rings. The van der Waals surface area contributed by atoms with Crippen LogP contribution in [0.2, 0.25) is 5.02 Å². The van der Waals surface area contributed by atoms with Gasteiger partial charge < -0.3 is 15.4 Å². The maximum atomic E-state index is 6.05. The van der Waals surface area contributed by atoms with Crippen LogP contribution in [0.5, 0.6) is 0 Å². The van der Waals surface area contributed by atoms with Gasteiger partial charge in [-0.2, -0.15) is 0 Å². The molecular formula is C16H26ClIN4O. The molecule has 0 atom stereocenters. The molecule has 1 saturated heterocycles. The van der Waals surface area contributed by atoms with Gasteiger partial charge in [0.2, 0.25) is 0 Å². The molecule has 130 valence electrons. The number of morpholine rings is 1. The van der Waals surface area contributed by atoms with E-state index in [4.69, 9.17) is 16.3 Å². The monoisotopic (exact) mass is 452 g/mol. The lowest BCUT2D eigenvalue weighted by Gasteiger charge is -2.26. The van der Waals surface area contributed by atoms with Crippen LogP contribution in [0.4, 0.5) is 0 Å². The summed E-state index contributed by atoms with van der Waals surface area (Å²) in [4.78, 5) is 6.65. The summed E-state index contributed by atoms with van der Waals surface area (Å²) in [6, 6.07) is 5.94. The van der Waals surface area contributed by atoms with Crippen LogP contribution in [0.25, 0.3) is 0 Å². The standard InChI is InChI=1S/C16H25ClN4O.HI/c1-13-3-4-15(17)11-14(13)12-20-16(18-2)19-5-6-21-7-9-22-10-8-21;/h3-4,11H,5-10,12H2,1-2H3,(H2,18,19,20);1H. The minimum Gasteiger partial charge on any atom is -0.379 e. The van der Waals surface area contributed by atoms with Crippen LogP contribution in [-0.4, -0.2) is 57.3 Å². The lowest BCUT2D eigenvalue weighted by atomic mass is 10.1. The van der Waals surface area contributed by atoms with Crippen molar-refractivity contribution in [2.45, 2.75) is 13.5 Å². The Morgan fingerprint density at radius 3 is 2.74 bits per heavy atom. The molecule has 1 aliphatic rings. The summed E-state index contributed by atoms with van der Waals surface area (Å²) < 4.78 is 5.35. The molecule has 5 nitrogen and oxygen atoms in total. The number of ether oxygens (including phenoxy) is 1. The number of guanidine groups is 1. The van der Waals surface area contributed by atoms with E-state index in [0.717, 1.165) is 50.4 Å². The minimum absolute atomic E-state index is 0. The topological polar surface area (TPSA) is 48.9 Å². The number of rotatable bonds is 5. The Morgan fingerprint density at radius 2 is 2.04 bits per heavy atom. The highest BCUT2D eigenvalue weighted by atomic mass is 127. The van der Waals surface area contributed by atoms with Crippen molar-refractivity contribution < 1.29 is 4.74 Å². The van der Waals surface area contributed by atoms with Crippen molar-refractivity contribution in [1.82, 2.24) is 15.5 Å². The molecule has 0 radical (unpaired) electrons. The summed E-state index contributed by atoms with van der Waals surface area (Å²) in [6.45, 7) is 8.35. The maximum absolute atomic E-state index is 6.05. The van der Waals surface area contributed by atoms with E-state index in [2.05, 4.69) is 27.4 Å².